The fourth-order valence-corrected chi connectivity index (χ4v) is 1.76. The number of para-hydroxylation sites is 2. The number of carboxylic acids is 2. The molecule has 0 aliphatic rings. The van der Waals surface area contributed by atoms with Gasteiger partial charge in [0.15, 0.2) is 0 Å². The Bertz CT molecular complexity index is 765. The molecular weight excluding hydrogens is 489 g/mol. The van der Waals surface area contributed by atoms with Crippen LogP contribution in [-0.2, 0) is 47.8 Å². The summed E-state index contributed by atoms with van der Waals surface area (Å²) < 4.78 is 9.29. The molecule has 0 fully saturated rings. The summed E-state index contributed by atoms with van der Waals surface area (Å²) in [6, 6.07) is 11.6. The molecule has 0 aliphatic carbocycles. The standard InChI is InChI=1S/2C9H8O4.Cd.2H2O/c2*1-6(10)13-8-5-3-2-4-7(8)9(11)12;;;/h2*2-5H,1H3,(H,11,12);;2*1H2/q;;+2;;. The third kappa shape index (κ3) is 10.9. The Labute approximate surface area is 185 Å². The SMILES string of the molecule is CC(=O)Oc1ccccc1C(=O)[O-].CC(=O)Oc1ccccc1C(=O)[O-].[Cd+2].[OH3+].[OH3+]. The van der Waals surface area contributed by atoms with E-state index in [0.29, 0.717) is 0 Å². The summed E-state index contributed by atoms with van der Waals surface area (Å²) in [6.07, 6.45) is 0. The van der Waals surface area contributed by atoms with Gasteiger partial charge in [-0.3, -0.25) is 9.59 Å². The molecule has 0 saturated carbocycles. The number of carbonyl (C=O) groups is 4. The predicted octanol–water partition coefficient (Wildman–Crippen LogP) is -1.90. The zero-order valence-corrected chi connectivity index (χ0v) is 19.8. The van der Waals surface area contributed by atoms with Crippen LogP contribution in [0.3, 0.4) is 0 Å². The number of carboxylic acid groups (broad SMARTS) is 2. The molecule has 152 valence electrons. The summed E-state index contributed by atoms with van der Waals surface area (Å²) in [5, 5.41) is 21.0. The van der Waals surface area contributed by atoms with Crippen LogP contribution < -0.4 is 19.7 Å². The predicted molar refractivity (Wildman–Crippen MR) is 93.9 cm³/mol. The number of ether oxygens (including phenoxy) is 2. The zero-order valence-electron chi connectivity index (χ0n) is 15.7. The number of hydrogen-bond acceptors (Lipinski definition) is 8. The zero-order chi connectivity index (χ0) is 19.7. The van der Waals surface area contributed by atoms with E-state index in [-0.39, 0.29) is 60.9 Å². The van der Waals surface area contributed by atoms with Gasteiger partial charge in [-0.2, -0.15) is 0 Å². The molecule has 0 aromatic heterocycles. The molecule has 2 aromatic rings. The van der Waals surface area contributed by atoms with Gasteiger partial charge in [-0.25, -0.2) is 0 Å². The van der Waals surface area contributed by atoms with Gasteiger partial charge in [-0.05, 0) is 24.3 Å². The van der Waals surface area contributed by atoms with Crippen molar-refractivity contribution in [1.82, 2.24) is 0 Å². The number of aromatic carboxylic acids is 2. The van der Waals surface area contributed by atoms with Gasteiger partial charge in [0.1, 0.15) is 11.5 Å². The number of hydrogen-bond donors (Lipinski definition) is 0. The average Bonchev–Trinajstić information content (AvgIpc) is 2.55. The van der Waals surface area contributed by atoms with Gasteiger partial charge in [-0.1, -0.05) is 24.3 Å². The molecule has 0 heterocycles. The molecule has 0 atom stereocenters. The molecule has 29 heavy (non-hydrogen) atoms. The second kappa shape index (κ2) is 15.1. The summed E-state index contributed by atoms with van der Waals surface area (Å²) in [5.41, 5.74) is -0.254. The van der Waals surface area contributed by atoms with Crippen LogP contribution in [0.25, 0.3) is 0 Å². The van der Waals surface area contributed by atoms with Gasteiger partial charge in [0.2, 0.25) is 0 Å². The van der Waals surface area contributed by atoms with Crippen LogP contribution >= 0.6 is 0 Å². The summed E-state index contributed by atoms with van der Waals surface area (Å²) in [7, 11) is 0. The quantitative estimate of drug-likeness (QED) is 0.197. The molecule has 6 N–H and O–H groups in total. The Morgan fingerprint density at radius 3 is 1.17 bits per heavy atom. The third-order valence-electron chi connectivity index (χ3n) is 2.72. The molecule has 0 aliphatic heterocycles. The maximum atomic E-state index is 10.6. The van der Waals surface area contributed by atoms with Gasteiger partial charge >= 0.3 is 39.2 Å². The van der Waals surface area contributed by atoms with Crippen molar-refractivity contribution in [1.29, 1.82) is 0 Å². The Hall–Kier alpha value is -2.84. The van der Waals surface area contributed by atoms with Gasteiger partial charge in [0.25, 0.3) is 0 Å². The van der Waals surface area contributed by atoms with Crippen LogP contribution in [-0.4, -0.2) is 23.9 Å². The Kier molecular flexibility index (Phi) is 16.1. The normalized spacial score (nSPS) is 8.34. The third-order valence-corrected chi connectivity index (χ3v) is 2.72. The fourth-order valence-electron chi connectivity index (χ4n) is 1.76. The second-order valence-corrected chi connectivity index (χ2v) is 4.75. The smallest absolute Gasteiger partial charge is 0.545 e. The Morgan fingerprint density at radius 2 is 0.931 bits per heavy atom. The molecule has 0 saturated heterocycles. The van der Waals surface area contributed by atoms with Crippen molar-refractivity contribution in [3.05, 3.63) is 59.7 Å². The number of benzene rings is 2. The maximum absolute atomic E-state index is 10.6. The van der Waals surface area contributed by atoms with Crippen molar-refractivity contribution >= 4 is 23.9 Å². The summed E-state index contributed by atoms with van der Waals surface area (Å²) >= 11 is 0. The topological polar surface area (TPSA) is 199 Å². The van der Waals surface area contributed by atoms with Crippen LogP contribution in [0.15, 0.2) is 48.5 Å². The molecule has 0 bridgehead atoms. The van der Waals surface area contributed by atoms with Gasteiger partial charge < -0.3 is 40.2 Å². The van der Waals surface area contributed by atoms with Gasteiger partial charge in [0, 0.05) is 25.0 Å². The van der Waals surface area contributed by atoms with Crippen molar-refractivity contribution in [3.8, 4) is 11.5 Å². The maximum Gasteiger partial charge on any atom is 2.00 e. The first-order valence-electron chi connectivity index (χ1n) is 7.20. The van der Waals surface area contributed by atoms with E-state index in [2.05, 4.69) is 9.47 Å². The second-order valence-electron chi connectivity index (χ2n) is 4.75. The molecule has 0 radical (unpaired) electrons. The molecular formula is C18H20CdO10+2. The van der Waals surface area contributed by atoms with Crippen LogP contribution in [0.1, 0.15) is 34.6 Å². The van der Waals surface area contributed by atoms with E-state index in [1.54, 1.807) is 12.1 Å². The monoisotopic (exact) mass is 510 g/mol. The number of rotatable bonds is 4. The molecule has 2 rings (SSSR count). The minimum Gasteiger partial charge on any atom is -0.545 e. The Balaban J connectivity index is -0.000000422. The first-order valence-corrected chi connectivity index (χ1v) is 7.20. The molecule has 0 unspecified atom stereocenters. The van der Waals surface area contributed by atoms with Crippen molar-refractivity contribution in [2.75, 3.05) is 0 Å². The largest absolute Gasteiger partial charge is 2.00 e. The van der Waals surface area contributed by atoms with E-state index in [1.807, 2.05) is 0 Å². The first kappa shape index (κ1) is 30.9. The molecule has 10 nitrogen and oxygen atoms in total. The van der Waals surface area contributed by atoms with E-state index in [4.69, 9.17) is 0 Å². The van der Waals surface area contributed by atoms with Crippen molar-refractivity contribution < 1.29 is 77.1 Å². The van der Waals surface area contributed by atoms with E-state index in [0.717, 1.165) is 0 Å². The van der Waals surface area contributed by atoms with Gasteiger partial charge in [-0.15, -0.1) is 0 Å². The van der Waals surface area contributed by atoms with Crippen molar-refractivity contribution in [2.45, 2.75) is 13.8 Å². The van der Waals surface area contributed by atoms with E-state index < -0.39 is 23.9 Å². The van der Waals surface area contributed by atoms with Crippen LogP contribution in [0.4, 0.5) is 0 Å². The van der Waals surface area contributed by atoms with Crippen LogP contribution in [0.2, 0.25) is 0 Å². The van der Waals surface area contributed by atoms with Crippen molar-refractivity contribution in [3.63, 3.8) is 0 Å². The number of esters is 2. The Morgan fingerprint density at radius 1 is 0.655 bits per heavy atom. The minimum absolute atomic E-state index is 0. The van der Waals surface area contributed by atoms with E-state index >= 15 is 0 Å². The van der Waals surface area contributed by atoms with E-state index in [1.165, 1.54) is 50.2 Å². The molecule has 0 amide bonds. The average molecular weight is 509 g/mol. The summed E-state index contributed by atoms with van der Waals surface area (Å²) in [6.45, 7) is 2.40. The molecule has 11 heteroatoms. The summed E-state index contributed by atoms with van der Waals surface area (Å²) in [5.74, 6) is -3.83. The van der Waals surface area contributed by atoms with E-state index in [9.17, 15) is 29.4 Å². The minimum atomic E-state index is -1.36. The van der Waals surface area contributed by atoms with Crippen molar-refractivity contribution in [2.24, 2.45) is 0 Å². The van der Waals surface area contributed by atoms with Gasteiger partial charge in [0.05, 0.1) is 11.9 Å². The van der Waals surface area contributed by atoms with Crippen LogP contribution in [0, 0.1) is 0 Å². The summed E-state index contributed by atoms with van der Waals surface area (Å²) in [4.78, 5) is 42.1. The van der Waals surface area contributed by atoms with Crippen LogP contribution in [0.5, 0.6) is 11.5 Å². The molecule has 2 aromatic carbocycles. The molecule has 0 spiro atoms. The number of carbonyl (C=O) groups excluding carboxylic acids is 4. The first-order chi connectivity index (χ1) is 12.2. The fraction of sp³-hybridized carbons (Fsp3) is 0.111.